The fourth-order valence-corrected chi connectivity index (χ4v) is 1.34. The Balaban J connectivity index is 5.48. The van der Waals surface area contributed by atoms with Gasteiger partial charge in [-0.05, 0) is 41.5 Å². The van der Waals surface area contributed by atoms with Crippen LogP contribution in [-0.4, -0.2) is 43.5 Å². The van der Waals surface area contributed by atoms with Crippen LogP contribution < -0.4 is 0 Å². The summed E-state index contributed by atoms with van der Waals surface area (Å²) in [5.74, 6) is 0. The number of carboxylic acid groups (broad SMARTS) is 2. The molecule has 0 heterocycles. The lowest BCUT2D eigenvalue weighted by atomic mass is 10.1. The zero-order chi connectivity index (χ0) is 13.3. The zero-order valence-corrected chi connectivity index (χ0v) is 10.6. The van der Waals surface area contributed by atoms with Crippen molar-refractivity contribution in [3.8, 4) is 0 Å². The molecule has 0 aromatic rings. The Bertz CT molecular complexity index is 258. The molecule has 0 aromatic carbocycles. The number of nitrogens with zero attached hydrogens (tertiary/aromatic N) is 2. The van der Waals surface area contributed by atoms with Crippen LogP contribution in [-0.2, 0) is 0 Å². The SMILES string of the molecule is CC(C)(C)N(C(=O)O)N(C(=O)O)C(C)(C)C. The van der Waals surface area contributed by atoms with Gasteiger partial charge in [0.05, 0.1) is 11.1 Å². The van der Waals surface area contributed by atoms with Crippen LogP contribution in [0.1, 0.15) is 41.5 Å². The zero-order valence-electron chi connectivity index (χ0n) is 10.6. The average Bonchev–Trinajstić information content (AvgIpc) is 1.92. The summed E-state index contributed by atoms with van der Waals surface area (Å²) in [7, 11) is 0. The lowest BCUT2D eigenvalue weighted by Gasteiger charge is -2.45. The summed E-state index contributed by atoms with van der Waals surface area (Å²) in [4.78, 5) is 22.3. The predicted molar refractivity (Wildman–Crippen MR) is 59.2 cm³/mol. The van der Waals surface area contributed by atoms with Gasteiger partial charge in [-0.25, -0.2) is 19.6 Å². The van der Waals surface area contributed by atoms with Gasteiger partial charge in [-0.3, -0.25) is 0 Å². The summed E-state index contributed by atoms with van der Waals surface area (Å²) in [5, 5.41) is 19.9. The first-order valence-electron chi connectivity index (χ1n) is 4.95. The van der Waals surface area contributed by atoms with E-state index in [2.05, 4.69) is 0 Å². The van der Waals surface area contributed by atoms with Crippen molar-refractivity contribution in [1.82, 2.24) is 10.0 Å². The fourth-order valence-electron chi connectivity index (χ4n) is 1.34. The highest BCUT2D eigenvalue weighted by molar-refractivity contribution is 5.73. The molecule has 2 N–H and O–H groups in total. The van der Waals surface area contributed by atoms with E-state index in [1.54, 1.807) is 41.5 Å². The lowest BCUT2D eigenvalue weighted by Crippen LogP contribution is -2.63. The molecule has 0 saturated carbocycles. The van der Waals surface area contributed by atoms with E-state index in [-0.39, 0.29) is 0 Å². The largest absolute Gasteiger partial charge is 0.464 e. The third kappa shape index (κ3) is 3.29. The second-order valence-corrected chi connectivity index (χ2v) is 5.53. The summed E-state index contributed by atoms with van der Waals surface area (Å²) in [6.07, 6.45) is -2.57. The summed E-state index contributed by atoms with van der Waals surface area (Å²) in [6, 6.07) is 0. The molecule has 6 heteroatoms. The topological polar surface area (TPSA) is 81.1 Å². The molecule has 0 unspecified atom stereocenters. The van der Waals surface area contributed by atoms with Crippen molar-refractivity contribution in [1.29, 1.82) is 0 Å². The van der Waals surface area contributed by atoms with Crippen LogP contribution in [0.5, 0.6) is 0 Å². The molecule has 0 aliphatic heterocycles. The summed E-state index contributed by atoms with van der Waals surface area (Å²) in [6.45, 7) is 9.85. The van der Waals surface area contributed by atoms with Crippen molar-refractivity contribution in [3.05, 3.63) is 0 Å². The maximum atomic E-state index is 11.2. The minimum Gasteiger partial charge on any atom is -0.464 e. The quantitative estimate of drug-likeness (QED) is 0.628. The van der Waals surface area contributed by atoms with Crippen molar-refractivity contribution in [3.63, 3.8) is 0 Å². The summed E-state index contributed by atoms with van der Waals surface area (Å²) < 4.78 is 0. The molecular formula is C10H20N2O4. The minimum absolute atomic E-state index is 0.822. The highest BCUT2D eigenvalue weighted by Gasteiger charge is 2.41. The average molecular weight is 232 g/mol. The van der Waals surface area contributed by atoms with E-state index in [9.17, 15) is 9.59 Å². The molecule has 0 radical (unpaired) electrons. The van der Waals surface area contributed by atoms with Crippen LogP contribution in [0.15, 0.2) is 0 Å². The number of amides is 2. The molecule has 6 nitrogen and oxygen atoms in total. The van der Waals surface area contributed by atoms with Gasteiger partial charge < -0.3 is 10.2 Å². The van der Waals surface area contributed by atoms with Crippen LogP contribution in [0.25, 0.3) is 0 Å². The Morgan fingerprint density at radius 2 is 0.938 bits per heavy atom. The molecule has 0 atom stereocenters. The third-order valence-electron chi connectivity index (χ3n) is 1.83. The van der Waals surface area contributed by atoms with Crippen LogP contribution in [0, 0.1) is 0 Å². The second-order valence-electron chi connectivity index (χ2n) is 5.53. The molecule has 0 aliphatic rings. The lowest BCUT2D eigenvalue weighted by molar-refractivity contribution is -0.0938. The molecule has 0 aromatic heterocycles. The maximum Gasteiger partial charge on any atom is 0.427 e. The first kappa shape index (κ1) is 14.5. The van der Waals surface area contributed by atoms with E-state index < -0.39 is 23.3 Å². The van der Waals surface area contributed by atoms with Gasteiger partial charge in [0, 0.05) is 0 Å². The Morgan fingerprint density at radius 3 is 1.00 bits per heavy atom. The van der Waals surface area contributed by atoms with Gasteiger partial charge in [0.1, 0.15) is 0 Å². The van der Waals surface area contributed by atoms with Crippen molar-refractivity contribution in [2.24, 2.45) is 0 Å². The Morgan fingerprint density at radius 1 is 0.750 bits per heavy atom. The number of carbonyl (C=O) groups is 2. The maximum absolute atomic E-state index is 11.2. The van der Waals surface area contributed by atoms with Gasteiger partial charge in [-0.2, -0.15) is 0 Å². The van der Waals surface area contributed by atoms with E-state index in [0.29, 0.717) is 0 Å². The predicted octanol–water partition coefficient (Wildman–Crippen LogP) is 2.46. The monoisotopic (exact) mass is 232 g/mol. The van der Waals surface area contributed by atoms with Crippen molar-refractivity contribution >= 4 is 12.2 Å². The molecule has 0 rings (SSSR count). The van der Waals surface area contributed by atoms with Crippen molar-refractivity contribution in [2.75, 3.05) is 0 Å². The molecule has 0 bridgehead atoms. The van der Waals surface area contributed by atoms with Gasteiger partial charge in [0.2, 0.25) is 0 Å². The van der Waals surface area contributed by atoms with E-state index in [0.717, 1.165) is 10.0 Å². The third-order valence-corrected chi connectivity index (χ3v) is 1.83. The summed E-state index contributed by atoms with van der Waals surface area (Å²) in [5.41, 5.74) is -1.64. The molecular weight excluding hydrogens is 212 g/mol. The van der Waals surface area contributed by atoms with E-state index in [1.165, 1.54) is 0 Å². The van der Waals surface area contributed by atoms with E-state index >= 15 is 0 Å². The van der Waals surface area contributed by atoms with Crippen molar-refractivity contribution < 1.29 is 19.8 Å². The minimum atomic E-state index is -1.29. The number of rotatable bonds is 0. The highest BCUT2D eigenvalue weighted by Crippen LogP contribution is 2.24. The Labute approximate surface area is 95.4 Å². The van der Waals surface area contributed by atoms with Crippen LogP contribution >= 0.6 is 0 Å². The molecule has 16 heavy (non-hydrogen) atoms. The van der Waals surface area contributed by atoms with Gasteiger partial charge in [-0.15, -0.1) is 0 Å². The molecule has 0 aliphatic carbocycles. The Kier molecular flexibility index (Phi) is 3.81. The first-order valence-corrected chi connectivity index (χ1v) is 4.95. The van der Waals surface area contributed by atoms with Gasteiger partial charge in [-0.1, -0.05) is 0 Å². The van der Waals surface area contributed by atoms with Crippen LogP contribution in [0.3, 0.4) is 0 Å². The first-order chi connectivity index (χ1) is 6.89. The molecule has 2 amide bonds. The molecule has 94 valence electrons. The summed E-state index contributed by atoms with van der Waals surface area (Å²) >= 11 is 0. The number of hydrogen-bond donors (Lipinski definition) is 2. The fraction of sp³-hybridized carbons (Fsp3) is 0.800. The highest BCUT2D eigenvalue weighted by atomic mass is 16.4. The van der Waals surface area contributed by atoms with Gasteiger partial charge in [0.15, 0.2) is 0 Å². The number of hydrazine groups is 1. The van der Waals surface area contributed by atoms with Gasteiger partial charge >= 0.3 is 12.2 Å². The molecule has 0 spiro atoms. The van der Waals surface area contributed by atoms with Crippen LogP contribution in [0.4, 0.5) is 9.59 Å². The molecule has 0 fully saturated rings. The van der Waals surface area contributed by atoms with Crippen LogP contribution in [0.2, 0.25) is 0 Å². The van der Waals surface area contributed by atoms with Gasteiger partial charge in [0.25, 0.3) is 0 Å². The second kappa shape index (κ2) is 4.19. The number of hydrogen-bond acceptors (Lipinski definition) is 2. The Hall–Kier alpha value is -1.46. The van der Waals surface area contributed by atoms with Crippen molar-refractivity contribution in [2.45, 2.75) is 52.6 Å². The standard InChI is InChI=1S/C10H20N2O4/c1-9(2,3)11(7(13)14)12(8(15)16)10(4,5)6/h1-6H3,(H,13,14)(H,15,16). The van der Waals surface area contributed by atoms with E-state index in [4.69, 9.17) is 10.2 Å². The smallest absolute Gasteiger partial charge is 0.427 e. The molecule has 0 saturated heterocycles. The normalized spacial score (nSPS) is 12.1. The van der Waals surface area contributed by atoms with E-state index in [1.807, 2.05) is 0 Å².